The Hall–Kier alpha value is -0.0400. The van der Waals surface area contributed by atoms with Crippen LogP contribution < -0.4 is 0 Å². The van der Waals surface area contributed by atoms with E-state index in [1.54, 1.807) is 0 Å². The van der Waals surface area contributed by atoms with E-state index in [2.05, 4.69) is 4.73 Å². The van der Waals surface area contributed by atoms with E-state index in [1.807, 2.05) is 55.4 Å². The summed E-state index contributed by atoms with van der Waals surface area (Å²) in [5, 5.41) is 2.78. The third kappa shape index (κ3) is 6.16. The fraction of sp³-hybridized carbons (Fsp3) is 1.00. The van der Waals surface area contributed by atoms with Gasteiger partial charge in [0.25, 0.3) is 0 Å². The molecule has 0 aliphatic carbocycles. The topological polar surface area (TPSA) is 51.2 Å². The smallest absolute Gasteiger partial charge is 0.222 e. The van der Waals surface area contributed by atoms with Crippen molar-refractivity contribution in [1.82, 2.24) is 10.1 Å². The first-order chi connectivity index (χ1) is 9.04. The van der Waals surface area contributed by atoms with Crippen molar-refractivity contribution in [2.24, 2.45) is 0 Å². The monoisotopic (exact) mass is 314 g/mol. The molecule has 0 aromatic rings. The average Bonchev–Trinajstić information content (AvgIpc) is 2.31. The Balaban J connectivity index is 5.05. The summed E-state index contributed by atoms with van der Waals surface area (Å²) >= 11 is 0. The minimum absolute atomic E-state index is 0.103. The molecule has 20 heavy (non-hydrogen) atoms. The van der Waals surface area contributed by atoms with Crippen LogP contribution in [0.5, 0.6) is 0 Å². The first-order valence-electron chi connectivity index (χ1n) is 6.90. The molecule has 0 saturated carbocycles. The fourth-order valence-corrected chi connectivity index (χ4v) is 3.14. The first-order valence-corrected chi connectivity index (χ1v) is 8.36. The minimum atomic E-state index is -4.34. The van der Waals surface area contributed by atoms with Crippen molar-refractivity contribution in [2.75, 3.05) is 0 Å². The lowest BCUT2D eigenvalue weighted by Gasteiger charge is -2.34. The van der Waals surface area contributed by atoms with Crippen LogP contribution in [0.1, 0.15) is 55.4 Å². The summed E-state index contributed by atoms with van der Waals surface area (Å²) in [6, 6.07) is -0.413. The van der Waals surface area contributed by atoms with Gasteiger partial charge < -0.3 is 0 Å². The maximum absolute atomic E-state index is 12.7. The van der Waals surface area contributed by atoms with Gasteiger partial charge in [-0.25, -0.2) is 4.57 Å². The predicted octanol–water partition coefficient (Wildman–Crippen LogP) is 4.10. The summed E-state index contributed by atoms with van der Waals surface area (Å²) in [4.78, 5) is 0. The van der Waals surface area contributed by atoms with Crippen LogP contribution in [0.25, 0.3) is 0 Å². The Bertz CT molecular complexity index is 285. The summed E-state index contributed by atoms with van der Waals surface area (Å²) in [5.74, 6) is 0. The van der Waals surface area contributed by atoms with Gasteiger partial charge in [-0.1, -0.05) is 4.73 Å². The number of halogens is 1. The van der Waals surface area contributed by atoms with E-state index in [0.29, 0.717) is 0 Å². The number of rotatable bonds is 9. The maximum atomic E-state index is 12.7. The molecule has 0 spiro atoms. The summed E-state index contributed by atoms with van der Waals surface area (Å²) in [6.45, 7) is 14.7. The number of nitrogens with zero attached hydrogens (tertiary/aromatic N) is 2. The molecule has 0 aliphatic rings. The summed E-state index contributed by atoms with van der Waals surface area (Å²) in [7, 11) is -4.34. The summed E-state index contributed by atoms with van der Waals surface area (Å²) in [6.07, 6.45) is 0. The second kappa shape index (κ2) is 8.41. The highest BCUT2D eigenvalue weighted by Crippen LogP contribution is 2.52. The van der Waals surface area contributed by atoms with E-state index in [-0.39, 0.29) is 24.2 Å². The van der Waals surface area contributed by atoms with Crippen LogP contribution >= 0.6 is 7.82 Å². The zero-order chi connectivity index (χ0) is 16.1. The third-order valence-electron chi connectivity index (χ3n) is 2.51. The minimum Gasteiger partial charge on any atom is -0.222 e. The normalized spacial score (nSPS) is 13.8. The van der Waals surface area contributed by atoms with Gasteiger partial charge in [0.1, 0.15) is 0 Å². The highest BCUT2D eigenvalue weighted by Gasteiger charge is 2.38. The van der Waals surface area contributed by atoms with Gasteiger partial charge >= 0.3 is 7.82 Å². The van der Waals surface area contributed by atoms with Crippen molar-refractivity contribution in [3.05, 3.63) is 0 Å². The van der Waals surface area contributed by atoms with Crippen LogP contribution in [0, 0.1) is 0 Å². The Morgan fingerprint density at radius 3 is 1.15 bits per heavy atom. The molecule has 0 saturated heterocycles. The van der Waals surface area contributed by atoms with Crippen LogP contribution in [0.15, 0.2) is 0 Å². The van der Waals surface area contributed by atoms with Gasteiger partial charge in [-0.15, -0.1) is 0 Å². The molecule has 0 atom stereocenters. The average molecular weight is 314 g/mol. The van der Waals surface area contributed by atoms with Gasteiger partial charge in [-0.3, -0.25) is 0 Å². The largest absolute Gasteiger partial charge is 0.539 e. The molecule has 0 aromatic carbocycles. The second-order valence-electron chi connectivity index (χ2n) is 5.77. The molecule has 6 nitrogen and oxygen atoms in total. The molecule has 0 fully saturated rings. The second-order valence-corrected chi connectivity index (χ2v) is 7.13. The highest BCUT2D eigenvalue weighted by atomic mass is 31.2. The number of hydrogen-bond acceptors (Lipinski definition) is 6. The molecular formula is C12H28FN2O4P. The van der Waals surface area contributed by atoms with Gasteiger partial charge in [0, 0.05) is 24.2 Å². The molecule has 0 aromatic heterocycles. The van der Waals surface area contributed by atoms with Crippen molar-refractivity contribution >= 4 is 7.82 Å². The van der Waals surface area contributed by atoms with E-state index < -0.39 is 7.82 Å². The Kier molecular flexibility index (Phi) is 8.40. The van der Waals surface area contributed by atoms with Crippen LogP contribution in [-0.4, -0.2) is 34.3 Å². The quantitative estimate of drug-likeness (QED) is 0.472. The zero-order valence-electron chi connectivity index (χ0n) is 13.7. The van der Waals surface area contributed by atoms with Crippen molar-refractivity contribution < 1.29 is 23.1 Å². The predicted molar refractivity (Wildman–Crippen MR) is 76.2 cm³/mol. The molecule has 122 valence electrons. The first kappa shape index (κ1) is 20.0. The zero-order valence-corrected chi connectivity index (χ0v) is 14.6. The van der Waals surface area contributed by atoms with Gasteiger partial charge in [0.15, 0.2) is 0 Å². The molecular weight excluding hydrogens is 286 g/mol. The van der Waals surface area contributed by atoms with Crippen LogP contribution in [-0.2, 0) is 18.5 Å². The number of hydroxylamine groups is 4. The standard InChI is InChI=1S/C12H28FN2O4P/c1-9(2)14(10(3)4)18-20(16,17-13)19-15(11(5)6)12(7)8/h9-12H,1-8H3. The van der Waals surface area contributed by atoms with Crippen LogP contribution in [0.2, 0.25) is 0 Å². The molecule has 0 rings (SSSR count). The molecule has 0 radical (unpaired) electrons. The van der Waals surface area contributed by atoms with E-state index in [1.165, 1.54) is 10.1 Å². The van der Waals surface area contributed by atoms with E-state index >= 15 is 0 Å². The van der Waals surface area contributed by atoms with Crippen LogP contribution in [0.4, 0.5) is 4.53 Å². The number of hydrogen-bond donors (Lipinski definition) is 0. The Labute approximate surface area is 121 Å². The van der Waals surface area contributed by atoms with Crippen molar-refractivity contribution in [1.29, 1.82) is 0 Å². The molecule has 0 amide bonds. The third-order valence-corrected chi connectivity index (χ3v) is 3.46. The molecule has 0 N–H and O–H groups in total. The summed E-state index contributed by atoms with van der Waals surface area (Å²) in [5.41, 5.74) is 0. The Morgan fingerprint density at radius 1 is 0.750 bits per heavy atom. The summed E-state index contributed by atoms with van der Waals surface area (Å²) < 4.78 is 38.9. The molecule has 8 heteroatoms. The van der Waals surface area contributed by atoms with Crippen LogP contribution in [0.3, 0.4) is 0 Å². The van der Waals surface area contributed by atoms with Gasteiger partial charge in [-0.05, 0) is 59.9 Å². The lowest BCUT2D eigenvalue weighted by Crippen LogP contribution is -2.39. The molecule has 0 unspecified atom stereocenters. The van der Waals surface area contributed by atoms with Gasteiger partial charge in [0.2, 0.25) is 0 Å². The Morgan fingerprint density at radius 2 is 1.00 bits per heavy atom. The number of phosphoric acid groups is 1. The lowest BCUT2D eigenvalue weighted by atomic mass is 10.3. The van der Waals surface area contributed by atoms with Crippen molar-refractivity contribution in [3.63, 3.8) is 0 Å². The van der Waals surface area contributed by atoms with E-state index in [9.17, 15) is 9.09 Å². The molecule has 0 heterocycles. The highest BCUT2D eigenvalue weighted by molar-refractivity contribution is 7.48. The lowest BCUT2D eigenvalue weighted by molar-refractivity contribution is -0.211. The molecule has 0 aliphatic heterocycles. The van der Waals surface area contributed by atoms with Crippen molar-refractivity contribution in [2.45, 2.75) is 79.6 Å². The van der Waals surface area contributed by atoms with Gasteiger partial charge in [-0.2, -0.15) is 19.4 Å². The maximum Gasteiger partial charge on any atom is 0.539 e. The van der Waals surface area contributed by atoms with E-state index in [4.69, 9.17) is 9.25 Å². The van der Waals surface area contributed by atoms with Crippen molar-refractivity contribution in [3.8, 4) is 0 Å². The molecule has 0 bridgehead atoms. The van der Waals surface area contributed by atoms with E-state index in [0.717, 1.165) is 0 Å². The van der Waals surface area contributed by atoms with Gasteiger partial charge in [0.05, 0.1) is 0 Å². The SMILES string of the molecule is CC(C)N(OP(=O)(OF)ON(C(C)C)C(C)C)C(C)C. The fourth-order valence-electron chi connectivity index (χ4n) is 1.84.